The predicted octanol–water partition coefficient (Wildman–Crippen LogP) is 1.67. The molecule has 2 aromatic rings. The van der Waals surface area contributed by atoms with E-state index in [2.05, 4.69) is 25.0 Å². The van der Waals surface area contributed by atoms with Gasteiger partial charge in [-0.3, -0.25) is 4.79 Å². The van der Waals surface area contributed by atoms with Crippen molar-refractivity contribution >= 4 is 16.9 Å². The van der Waals surface area contributed by atoms with Gasteiger partial charge in [0.1, 0.15) is 11.0 Å². The highest BCUT2D eigenvalue weighted by Gasteiger charge is 2.06. The van der Waals surface area contributed by atoms with Gasteiger partial charge >= 0.3 is 0 Å². The highest BCUT2D eigenvalue weighted by Crippen LogP contribution is 2.12. The number of amides is 1. The third kappa shape index (κ3) is 1.27. The van der Waals surface area contributed by atoms with Gasteiger partial charge in [0, 0.05) is 10.5 Å². The van der Waals surface area contributed by atoms with E-state index in [1.54, 1.807) is 6.07 Å². The number of rotatable bonds is 1. The van der Waals surface area contributed by atoms with E-state index in [4.69, 9.17) is 5.53 Å². The van der Waals surface area contributed by atoms with Crippen molar-refractivity contribution in [3.8, 4) is 0 Å². The van der Waals surface area contributed by atoms with Crippen LogP contribution in [0.25, 0.3) is 21.5 Å². The smallest absolute Gasteiger partial charge is 0.249 e. The quantitative estimate of drug-likeness (QED) is 0.386. The first-order valence-corrected chi connectivity index (χ1v) is 3.63. The maximum Gasteiger partial charge on any atom is 0.249 e. The van der Waals surface area contributed by atoms with Crippen molar-refractivity contribution in [2.45, 2.75) is 0 Å². The number of carbonyl (C=O) groups excluding carboxylic acids is 1. The number of aromatic nitrogens is 2. The fraction of sp³-hybridized carbons (Fsp3) is 0. The monoisotopic (exact) mass is 189 g/mol. The summed E-state index contributed by atoms with van der Waals surface area (Å²) in [5.41, 5.74) is 9.31. The molecule has 0 saturated carbocycles. The fourth-order valence-corrected chi connectivity index (χ4v) is 1.01. The Balaban J connectivity index is 2.53. The molecule has 0 fully saturated rings. The molecule has 7 heteroatoms. The van der Waals surface area contributed by atoms with Gasteiger partial charge < -0.3 is 0 Å². The van der Waals surface area contributed by atoms with E-state index in [-0.39, 0.29) is 5.56 Å². The number of nitrogens with zero attached hydrogens (tertiary/aromatic N) is 5. The van der Waals surface area contributed by atoms with Crippen LogP contribution in [0.5, 0.6) is 0 Å². The summed E-state index contributed by atoms with van der Waals surface area (Å²) in [6, 6.07) is 4.50. The van der Waals surface area contributed by atoms with Crippen LogP contribution < -0.4 is 0 Å². The van der Waals surface area contributed by atoms with Crippen LogP contribution in [0.3, 0.4) is 0 Å². The van der Waals surface area contributed by atoms with Crippen LogP contribution in [-0.4, -0.2) is 16.2 Å². The number of carbonyl (C=O) groups is 1. The molecule has 0 atom stereocenters. The van der Waals surface area contributed by atoms with Gasteiger partial charge in [-0.1, -0.05) is 0 Å². The number of hydrogen-bond acceptors (Lipinski definition) is 4. The van der Waals surface area contributed by atoms with Gasteiger partial charge in [0.25, 0.3) is 0 Å². The zero-order chi connectivity index (χ0) is 9.97. The molecule has 1 amide bonds. The Morgan fingerprint density at radius 3 is 3.00 bits per heavy atom. The van der Waals surface area contributed by atoms with Gasteiger partial charge in [0.05, 0.1) is 0 Å². The van der Waals surface area contributed by atoms with Gasteiger partial charge in [-0.15, -0.1) is 0 Å². The molecule has 0 saturated heterocycles. The van der Waals surface area contributed by atoms with E-state index in [9.17, 15) is 4.79 Å². The normalized spacial score (nSPS) is 9.71. The third-order valence-corrected chi connectivity index (χ3v) is 1.64. The lowest BCUT2D eigenvalue weighted by atomic mass is 10.2. The zero-order valence-electron chi connectivity index (χ0n) is 6.78. The number of hydrogen-bond donors (Lipinski definition) is 0. The Kier molecular flexibility index (Phi) is 1.85. The van der Waals surface area contributed by atoms with Gasteiger partial charge in [-0.25, -0.2) is 4.63 Å². The second-order valence-corrected chi connectivity index (χ2v) is 2.46. The van der Waals surface area contributed by atoms with Crippen LogP contribution in [0.1, 0.15) is 10.4 Å². The van der Waals surface area contributed by atoms with E-state index in [1.165, 1.54) is 12.1 Å². The van der Waals surface area contributed by atoms with Crippen LogP contribution in [-0.2, 0) is 0 Å². The molecule has 1 aromatic carbocycles. The van der Waals surface area contributed by atoms with E-state index < -0.39 is 5.91 Å². The molecular weight excluding hydrogens is 186 g/mol. The minimum Gasteiger partial charge on any atom is -0.287 e. The van der Waals surface area contributed by atoms with Crippen LogP contribution in [0.2, 0.25) is 0 Å². The second-order valence-electron chi connectivity index (χ2n) is 2.46. The van der Waals surface area contributed by atoms with Crippen LogP contribution in [0.15, 0.2) is 27.9 Å². The summed E-state index contributed by atoms with van der Waals surface area (Å²) in [5.74, 6) is -0.655. The molecule has 0 aliphatic rings. The lowest BCUT2D eigenvalue weighted by Gasteiger charge is -1.91. The molecule has 0 spiro atoms. The lowest BCUT2D eigenvalue weighted by molar-refractivity contribution is 0.100. The molecule has 7 nitrogen and oxygen atoms in total. The Bertz CT molecular complexity index is 540. The van der Waals surface area contributed by atoms with Crippen molar-refractivity contribution in [1.29, 1.82) is 0 Å². The van der Waals surface area contributed by atoms with Crippen LogP contribution in [0.4, 0.5) is 0 Å². The molecule has 2 rings (SSSR count). The number of benzene rings is 1. The van der Waals surface area contributed by atoms with E-state index >= 15 is 0 Å². The van der Waals surface area contributed by atoms with E-state index in [0.717, 1.165) is 0 Å². The maximum atomic E-state index is 11.1. The standard InChI is InChI=1S/C7H3N5O2/c8-12-9-7(13)4-1-2-5-6(3-4)11-14-10-5/h1-3H. The van der Waals surface area contributed by atoms with Crippen molar-refractivity contribution < 1.29 is 9.42 Å². The molecule has 0 N–H and O–H groups in total. The molecule has 14 heavy (non-hydrogen) atoms. The van der Waals surface area contributed by atoms with Gasteiger partial charge in [0.2, 0.25) is 5.91 Å². The van der Waals surface area contributed by atoms with E-state index in [0.29, 0.717) is 11.0 Å². The van der Waals surface area contributed by atoms with Crippen molar-refractivity contribution in [3.63, 3.8) is 0 Å². The second kappa shape index (κ2) is 3.15. The molecule has 0 aliphatic heterocycles. The first-order chi connectivity index (χ1) is 6.81. The lowest BCUT2D eigenvalue weighted by Crippen LogP contribution is -1.92. The highest BCUT2D eigenvalue weighted by molar-refractivity contribution is 5.97. The summed E-state index contributed by atoms with van der Waals surface area (Å²) < 4.78 is 4.44. The highest BCUT2D eigenvalue weighted by atomic mass is 16.6. The van der Waals surface area contributed by atoms with Crippen molar-refractivity contribution in [2.75, 3.05) is 0 Å². The van der Waals surface area contributed by atoms with Crippen molar-refractivity contribution in [2.24, 2.45) is 5.11 Å². The molecule has 0 radical (unpaired) electrons. The SMILES string of the molecule is [N-]=[N+]=NC(=O)c1ccc2nonc2c1. The molecule has 1 aromatic heterocycles. The van der Waals surface area contributed by atoms with Crippen molar-refractivity contribution in [1.82, 2.24) is 10.3 Å². The summed E-state index contributed by atoms with van der Waals surface area (Å²) in [4.78, 5) is 13.5. The molecule has 0 unspecified atom stereocenters. The molecule has 1 heterocycles. The largest absolute Gasteiger partial charge is 0.287 e. The van der Waals surface area contributed by atoms with Crippen LogP contribution in [0, 0.1) is 0 Å². The van der Waals surface area contributed by atoms with Gasteiger partial charge in [-0.2, -0.15) is 0 Å². The summed E-state index contributed by atoms with van der Waals surface area (Å²) in [7, 11) is 0. The number of azide groups is 1. The summed E-state index contributed by atoms with van der Waals surface area (Å²) >= 11 is 0. The Labute approximate surface area is 76.9 Å². The fourth-order valence-electron chi connectivity index (χ4n) is 1.01. The average Bonchev–Trinajstić information content (AvgIpc) is 2.64. The minimum atomic E-state index is -0.655. The van der Waals surface area contributed by atoms with E-state index in [1.807, 2.05) is 0 Å². The summed E-state index contributed by atoms with van der Waals surface area (Å²) in [5, 5.41) is 10.1. The summed E-state index contributed by atoms with van der Waals surface area (Å²) in [6.07, 6.45) is 0. The molecule has 0 bridgehead atoms. The number of fused-ring (bicyclic) bond motifs is 1. The Morgan fingerprint density at radius 2 is 2.21 bits per heavy atom. The van der Waals surface area contributed by atoms with Gasteiger partial charge in [0.15, 0.2) is 0 Å². The maximum absolute atomic E-state index is 11.1. The topological polar surface area (TPSA) is 105 Å². The first kappa shape index (κ1) is 8.21. The molecule has 0 aliphatic carbocycles. The zero-order valence-corrected chi connectivity index (χ0v) is 6.78. The van der Waals surface area contributed by atoms with Gasteiger partial charge in [-0.05, 0) is 39.2 Å². The molecular formula is C7H3N5O2. The van der Waals surface area contributed by atoms with Crippen molar-refractivity contribution in [3.05, 3.63) is 34.2 Å². The Hall–Kier alpha value is -2.40. The first-order valence-electron chi connectivity index (χ1n) is 3.63. The third-order valence-electron chi connectivity index (χ3n) is 1.64. The minimum absolute atomic E-state index is 0.256. The Morgan fingerprint density at radius 1 is 1.43 bits per heavy atom. The molecule has 68 valence electrons. The average molecular weight is 189 g/mol. The predicted molar refractivity (Wildman–Crippen MR) is 45.3 cm³/mol. The van der Waals surface area contributed by atoms with Crippen LogP contribution >= 0.6 is 0 Å². The summed E-state index contributed by atoms with van der Waals surface area (Å²) in [6.45, 7) is 0.